The van der Waals surface area contributed by atoms with E-state index in [1.165, 1.54) is 18.8 Å². The van der Waals surface area contributed by atoms with Gasteiger partial charge in [-0.25, -0.2) is 4.98 Å². The summed E-state index contributed by atoms with van der Waals surface area (Å²) in [6.07, 6.45) is 1.98. The van der Waals surface area contributed by atoms with E-state index < -0.39 is 0 Å². The van der Waals surface area contributed by atoms with Crippen LogP contribution >= 0.6 is 23.2 Å². The first-order valence-corrected chi connectivity index (χ1v) is 11.6. The SMILES string of the molecule is CCC(=O)N[C@H]1COC[C@H]1Nc1ncc2cc(-c3c(Cl)c(OC)cc(OC)c3Cl)c(=O)n(C)c2n1. The number of halogens is 2. The fourth-order valence-electron chi connectivity index (χ4n) is 3.93. The van der Waals surface area contributed by atoms with Crippen molar-refractivity contribution in [2.24, 2.45) is 7.05 Å². The molecule has 0 unspecified atom stereocenters. The summed E-state index contributed by atoms with van der Waals surface area (Å²) < 4.78 is 17.6. The van der Waals surface area contributed by atoms with Gasteiger partial charge in [-0.05, 0) is 6.07 Å². The van der Waals surface area contributed by atoms with Crippen molar-refractivity contribution < 1.29 is 19.0 Å². The van der Waals surface area contributed by atoms with E-state index in [1.807, 2.05) is 0 Å². The molecule has 0 spiro atoms. The van der Waals surface area contributed by atoms with Crippen molar-refractivity contribution in [2.45, 2.75) is 25.4 Å². The lowest BCUT2D eigenvalue weighted by atomic mass is 10.0. The van der Waals surface area contributed by atoms with Crippen LogP contribution < -0.4 is 25.7 Å². The molecular weight excluding hydrogens is 497 g/mol. The van der Waals surface area contributed by atoms with Gasteiger partial charge in [0, 0.05) is 36.7 Å². The topological polar surface area (TPSA) is 117 Å². The van der Waals surface area contributed by atoms with Gasteiger partial charge >= 0.3 is 0 Å². The quantitative estimate of drug-likeness (QED) is 0.487. The molecule has 2 N–H and O–H groups in total. The second kappa shape index (κ2) is 10.3. The Labute approximate surface area is 211 Å². The minimum Gasteiger partial charge on any atom is -0.495 e. The third-order valence-corrected chi connectivity index (χ3v) is 6.60. The first kappa shape index (κ1) is 25.0. The van der Waals surface area contributed by atoms with Gasteiger partial charge in [-0.2, -0.15) is 4.98 Å². The molecule has 0 aliphatic carbocycles. The van der Waals surface area contributed by atoms with E-state index in [1.54, 1.807) is 32.3 Å². The van der Waals surface area contributed by atoms with E-state index in [4.69, 9.17) is 37.4 Å². The van der Waals surface area contributed by atoms with Gasteiger partial charge in [-0.3, -0.25) is 14.2 Å². The minimum atomic E-state index is -0.362. The van der Waals surface area contributed by atoms with Gasteiger partial charge in [-0.15, -0.1) is 0 Å². The predicted octanol–water partition coefficient (Wildman–Crippen LogP) is 3.03. The van der Waals surface area contributed by atoms with Crippen molar-refractivity contribution in [2.75, 3.05) is 32.8 Å². The molecule has 1 aliphatic heterocycles. The van der Waals surface area contributed by atoms with Crippen LogP contribution in [0, 0.1) is 0 Å². The molecule has 3 aromatic rings. The van der Waals surface area contributed by atoms with Crippen molar-refractivity contribution in [1.82, 2.24) is 19.9 Å². The monoisotopic (exact) mass is 521 g/mol. The Morgan fingerprint density at radius 1 is 1.17 bits per heavy atom. The third kappa shape index (κ3) is 4.73. The number of carbonyl (C=O) groups excluding carboxylic acids is 1. The summed E-state index contributed by atoms with van der Waals surface area (Å²) in [7, 11) is 4.53. The van der Waals surface area contributed by atoms with Crippen molar-refractivity contribution in [3.8, 4) is 22.6 Å². The number of rotatable bonds is 7. The van der Waals surface area contributed by atoms with Crippen molar-refractivity contribution in [3.05, 3.63) is 38.7 Å². The summed E-state index contributed by atoms with van der Waals surface area (Å²) >= 11 is 13.1. The van der Waals surface area contributed by atoms with Crippen LogP contribution in [0.25, 0.3) is 22.2 Å². The number of nitrogens with zero attached hydrogens (tertiary/aromatic N) is 3. The Bertz CT molecular complexity index is 1320. The second-order valence-electron chi connectivity index (χ2n) is 7.99. The molecule has 3 heterocycles. The normalized spacial score (nSPS) is 17.4. The third-order valence-electron chi connectivity index (χ3n) is 5.85. The van der Waals surface area contributed by atoms with E-state index in [0.717, 1.165) is 0 Å². The fraction of sp³-hybridized carbons (Fsp3) is 0.391. The summed E-state index contributed by atoms with van der Waals surface area (Å²) in [6, 6.07) is 2.78. The maximum Gasteiger partial charge on any atom is 0.259 e. The highest BCUT2D eigenvalue weighted by Gasteiger charge is 2.30. The fourth-order valence-corrected chi connectivity index (χ4v) is 4.64. The highest BCUT2D eigenvalue weighted by Crippen LogP contribution is 2.45. The lowest BCUT2D eigenvalue weighted by molar-refractivity contribution is -0.121. The van der Waals surface area contributed by atoms with E-state index >= 15 is 0 Å². The Kier molecular flexibility index (Phi) is 7.34. The van der Waals surface area contributed by atoms with E-state index in [9.17, 15) is 9.59 Å². The number of pyridine rings is 1. The Hall–Kier alpha value is -3.08. The van der Waals surface area contributed by atoms with Crippen molar-refractivity contribution >= 4 is 46.1 Å². The molecule has 2 aromatic heterocycles. The molecule has 0 radical (unpaired) electrons. The van der Waals surface area contributed by atoms with Gasteiger partial charge < -0.3 is 24.8 Å². The maximum absolute atomic E-state index is 13.4. The molecule has 1 saturated heterocycles. The molecule has 1 aromatic carbocycles. The largest absolute Gasteiger partial charge is 0.495 e. The number of hydrogen-bond acceptors (Lipinski definition) is 8. The highest BCUT2D eigenvalue weighted by molar-refractivity contribution is 6.41. The molecule has 10 nitrogen and oxygen atoms in total. The van der Waals surface area contributed by atoms with Gasteiger partial charge in [0.05, 0.1) is 55.1 Å². The molecule has 1 fully saturated rings. The van der Waals surface area contributed by atoms with Crippen LogP contribution in [0.4, 0.5) is 5.95 Å². The number of ether oxygens (including phenoxy) is 3. The summed E-state index contributed by atoms with van der Waals surface area (Å²) in [4.78, 5) is 34.1. The zero-order valence-electron chi connectivity index (χ0n) is 19.6. The van der Waals surface area contributed by atoms with Gasteiger partial charge in [0.25, 0.3) is 5.56 Å². The summed E-state index contributed by atoms with van der Waals surface area (Å²) in [6.45, 7) is 2.57. The van der Waals surface area contributed by atoms with Crippen LogP contribution in [0.5, 0.6) is 11.5 Å². The Balaban J connectivity index is 1.74. The van der Waals surface area contributed by atoms with Crippen molar-refractivity contribution in [1.29, 1.82) is 0 Å². The number of fused-ring (bicyclic) bond motifs is 1. The molecule has 186 valence electrons. The predicted molar refractivity (Wildman–Crippen MR) is 134 cm³/mol. The van der Waals surface area contributed by atoms with Gasteiger partial charge in [0.2, 0.25) is 11.9 Å². The van der Waals surface area contributed by atoms with Gasteiger partial charge in [0.1, 0.15) is 17.1 Å². The molecule has 1 amide bonds. The molecule has 0 saturated carbocycles. The smallest absolute Gasteiger partial charge is 0.259 e. The zero-order valence-corrected chi connectivity index (χ0v) is 21.2. The number of hydrogen-bond donors (Lipinski definition) is 2. The number of methoxy groups -OCH3 is 2. The van der Waals surface area contributed by atoms with E-state index in [2.05, 4.69) is 20.6 Å². The highest BCUT2D eigenvalue weighted by atomic mass is 35.5. The number of amides is 1. The van der Waals surface area contributed by atoms with Gasteiger partial charge in [0.15, 0.2) is 0 Å². The molecule has 35 heavy (non-hydrogen) atoms. The second-order valence-corrected chi connectivity index (χ2v) is 8.75. The zero-order chi connectivity index (χ0) is 25.3. The number of anilines is 1. The number of aromatic nitrogens is 3. The maximum atomic E-state index is 13.4. The van der Waals surface area contributed by atoms with Crippen LogP contribution in [-0.2, 0) is 16.6 Å². The Morgan fingerprint density at radius 2 is 1.83 bits per heavy atom. The molecule has 4 rings (SSSR count). The average molecular weight is 522 g/mol. The molecule has 2 atom stereocenters. The molecule has 0 bridgehead atoms. The first-order chi connectivity index (χ1) is 16.8. The van der Waals surface area contributed by atoms with Crippen LogP contribution in [0.15, 0.2) is 23.1 Å². The number of nitrogens with one attached hydrogen (secondary N) is 2. The lowest BCUT2D eigenvalue weighted by Gasteiger charge is -2.20. The minimum absolute atomic E-state index is 0.0619. The average Bonchev–Trinajstić information content (AvgIpc) is 3.28. The van der Waals surface area contributed by atoms with Crippen LogP contribution in [0.3, 0.4) is 0 Å². The van der Waals surface area contributed by atoms with Crippen LogP contribution in [-0.4, -0.2) is 60.0 Å². The molecule has 12 heteroatoms. The summed E-state index contributed by atoms with van der Waals surface area (Å²) in [5, 5.41) is 7.11. The number of benzene rings is 1. The van der Waals surface area contributed by atoms with E-state index in [-0.39, 0.29) is 39.2 Å². The molecular formula is C23H25Cl2N5O5. The summed E-state index contributed by atoms with van der Waals surface area (Å²) in [5.41, 5.74) is 0.597. The van der Waals surface area contributed by atoms with Crippen molar-refractivity contribution in [3.63, 3.8) is 0 Å². The van der Waals surface area contributed by atoms with Gasteiger partial charge in [-0.1, -0.05) is 30.1 Å². The van der Waals surface area contributed by atoms with Crippen LogP contribution in [0.2, 0.25) is 10.0 Å². The van der Waals surface area contributed by atoms with Crippen LogP contribution in [0.1, 0.15) is 13.3 Å². The Morgan fingerprint density at radius 3 is 2.46 bits per heavy atom. The number of aryl methyl sites for hydroxylation is 1. The number of carbonyl (C=O) groups is 1. The molecule has 1 aliphatic rings. The lowest BCUT2D eigenvalue weighted by Crippen LogP contribution is -2.46. The van der Waals surface area contributed by atoms with E-state index in [0.29, 0.717) is 53.7 Å². The standard InChI is InChI=1S/C23H25Cl2N5O5/c1-5-17(31)27-13-9-35-10-14(13)28-23-26-8-11-6-12(22(32)30(2)21(11)29-23)18-19(24)15(33-3)7-16(34-4)20(18)25/h6-8,13-14H,5,9-10H2,1-4H3,(H,27,31)(H,26,28,29)/t13-,14+/m0/s1. The first-order valence-electron chi connectivity index (χ1n) is 10.9. The summed E-state index contributed by atoms with van der Waals surface area (Å²) in [5.74, 6) is 0.896.